The number of phosphoric ester groups is 2. The van der Waals surface area contributed by atoms with Crippen LogP contribution in [0.3, 0.4) is 0 Å². The Morgan fingerprint density at radius 3 is 0.840 bits per heavy atom. The third-order valence-corrected chi connectivity index (χ3v) is 22.0. The number of phosphoric acid groups is 2. The van der Waals surface area contributed by atoms with Gasteiger partial charge in [0.1, 0.15) is 19.3 Å². The molecule has 19 heteroatoms. The normalized spacial score (nSPS) is 14.3. The summed E-state index contributed by atoms with van der Waals surface area (Å²) in [5.74, 6) is 0.263. The van der Waals surface area contributed by atoms with Gasteiger partial charge in [0.25, 0.3) is 0 Å². The fourth-order valence-electron chi connectivity index (χ4n) is 13.0. The zero-order valence-corrected chi connectivity index (χ0v) is 71.2. The summed E-state index contributed by atoms with van der Waals surface area (Å²) in [6.07, 6.45) is 70.3. The molecule has 0 heterocycles. The second-order valence-corrected chi connectivity index (χ2v) is 34.7. The van der Waals surface area contributed by atoms with Gasteiger partial charge in [-0.1, -0.05) is 381 Å². The Hall–Kier alpha value is -2.46. The fraction of sp³-hybridized carbons (Fsp3) is 0.908. The van der Waals surface area contributed by atoms with Crippen molar-refractivity contribution >= 4 is 39.5 Å². The summed E-state index contributed by atoms with van der Waals surface area (Å²) in [7, 11) is -9.94. The van der Waals surface area contributed by atoms with Crippen LogP contribution in [0, 0.1) is 17.8 Å². The van der Waals surface area contributed by atoms with E-state index < -0.39 is 97.5 Å². The minimum atomic E-state index is -4.97. The number of carbonyl (C=O) groups is 4. The van der Waals surface area contributed by atoms with Crippen molar-refractivity contribution in [2.75, 3.05) is 39.6 Å². The van der Waals surface area contributed by atoms with Gasteiger partial charge in [0.2, 0.25) is 0 Å². The maximum Gasteiger partial charge on any atom is 0.472 e. The molecule has 0 amide bonds. The van der Waals surface area contributed by atoms with E-state index in [-0.39, 0.29) is 25.7 Å². The zero-order valence-electron chi connectivity index (χ0n) is 69.4. The molecule has 3 N–H and O–H groups in total. The third-order valence-electron chi connectivity index (χ3n) is 20.1. The SMILES string of the molecule is CCCCCC/C=C\C=C/CCCCCCCC(=O)O[C@H](COC(=O)CCCCCCCCCCC(C)C)COP(=O)(O)OC[C@H](O)COP(=O)(O)OC[C@@H](COC(=O)CCCCCCCCCCCCCCCCCC(C)C)OC(=O)CCCCCCCCCCCCCCCCCCCCC(C)CC. The number of unbranched alkanes of at least 4 members (excludes halogenated alkanes) is 47. The predicted octanol–water partition coefficient (Wildman–Crippen LogP) is 26.0. The van der Waals surface area contributed by atoms with Crippen molar-refractivity contribution in [3.8, 4) is 0 Å². The molecule has 0 aliphatic rings. The smallest absolute Gasteiger partial charge is 0.462 e. The quantitative estimate of drug-likeness (QED) is 0.0169. The molecule has 0 radical (unpaired) electrons. The van der Waals surface area contributed by atoms with Gasteiger partial charge in [0.15, 0.2) is 12.2 Å². The highest BCUT2D eigenvalue weighted by molar-refractivity contribution is 7.47. The van der Waals surface area contributed by atoms with E-state index in [1.807, 2.05) is 0 Å². The van der Waals surface area contributed by atoms with Gasteiger partial charge in [-0.15, -0.1) is 0 Å². The van der Waals surface area contributed by atoms with E-state index in [2.05, 4.69) is 72.8 Å². The molecule has 0 bridgehead atoms. The largest absolute Gasteiger partial charge is 0.472 e. The van der Waals surface area contributed by atoms with Crippen molar-refractivity contribution in [2.24, 2.45) is 17.8 Å². The number of ether oxygens (including phenoxy) is 4. The summed E-state index contributed by atoms with van der Waals surface area (Å²) in [5.41, 5.74) is 0. The molecule has 106 heavy (non-hydrogen) atoms. The van der Waals surface area contributed by atoms with Gasteiger partial charge in [-0.05, 0) is 69.1 Å². The van der Waals surface area contributed by atoms with Crippen LogP contribution in [0.2, 0.25) is 0 Å². The molecule has 3 unspecified atom stereocenters. The van der Waals surface area contributed by atoms with E-state index in [4.69, 9.17) is 37.0 Å². The first-order valence-electron chi connectivity index (χ1n) is 44.2. The first kappa shape index (κ1) is 104. The third kappa shape index (κ3) is 78.2. The van der Waals surface area contributed by atoms with Crippen molar-refractivity contribution in [1.82, 2.24) is 0 Å². The molecule has 0 saturated carbocycles. The van der Waals surface area contributed by atoms with E-state index in [1.165, 1.54) is 225 Å². The van der Waals surface area contributed by atoms with Gasteiger partial charge in [-0.2, -0.15) is 0 Å². The molecule has 0 fully saturated rings. The molecule has 0 aromatic carbocycles. The Morgan fingerprint density at radius 1 is 0.311 bits per heavy atom. The highest BCUT2D eigenvalue weighted by Crippen LogP contribution is 2.45. The first-order chi connectivity index (χ1) is 51.3. The average molecular weight is 1550 g/mol. The van der Waals surface area contributed by atoms with Crippen LogP contribution in [0.1, 0.15) is 434 Å². The lowest BCUT2D eigenvalue weighted by atomic mass is 9.99. The number of rotatable bonds is 83. The summed E-state index contributed by atoms with van der Waals surface area (Å²) in [6.45, 7) is 12.0. The number of allylic oxidation sites excluding steroid dienone is 4. The number of carbonyl (C=O) groups excluding carboxylic acids is 4. The van der Waals surface area contributed by atoms with Crippen molar-refractivity contribution < 1.29 is 80.2 Å². The molecular weight excluding hydrogens is 1380 g/mol. The number of aliphatic hydroxyl groups is 1. The van der Waals surface area contributed by atoms with Crippen LogP contribution in [0.15, 0.2) is 24.3 Å². The molecule has 6 atom stereocenters. The molecule has 0 spiro atoms. The minimum absolute atomic E-state index is 0.0845. The van der Waals surface area contributed by atoms with Crippen LogP contribution in [0.4, 0.5) is 0 Å². The van der Waals surface area contributed by atoms with Crippen LogP contribution in [0.5, 0.6) is 0 Å². The lowest BCUT2D eigenvalue weighted by Crippen LogP contribution is -2.30. The van der Waals surface area contributed by atoms with Crippen molar-refractivity contribution in [1.29, 1.82) is 0 Å². The molecule has 626 valence electrons. The zero-order chi connectivity index (χ0) is 77.9. The summed E-state index contributed by atoms with van der Waals surface area (Å²) >= 11 is 0. The minimum Gasteiger partial charge on any atom is -0.462 e. The number of hydrogen-bond donors (Lipinski definition) is 3. The average Bonchev–Trinajstić information content (AvgIpc) is 0.903. The van der Waals surface area contributed by atoms with Crippen molar-refractivity contribution in [3.63, 3.8) is 0 Å². The van der Waals surface area contributed by atoms with Crippen LogP contribution in [-0.4, -0.2) is 96.7 Å². The van der Waals surface area contributed by atoms with Gasteiger partial charge in [-0.25, -0.2) is 9.13 Å². The predicted molar refractivity (Wildman–Crippen MR) is 437 cm³/mol. The second-order valence-electron chi connectivity index (χ2n) is 31.8. The van der Waals surface area contributed by atoms with E-state index in [0.717, 1.165) is 127 Å². The van der Waals surface area contributed by atoms with E-state index in [1.54, 1.807) is 0 Å². The monoisotopic (exact) mass is 1550 g/mol. The van der Waals surface area contributed by atoms with Gasteiger partial charge in [0, 0.05) is 25.7 Å². The standard InChI is InChI=1S/C87H166O17P2/c1-8-10-11-12-13-14-15-16-22-30-35-40-49-56-63-70-87(92)104-83(75-98-85(90)69-62-55-48-43-42-45-52-59-66-79(5)6)77-102-106(95,96)100-73-81(88)72-99-105(93,94)101-76-82(74-97-84(89)68-61-54-47-39-34-29-26-21-23-27-32-37-44-51-58-65-78(3)4)103-86(91)71-64-57-50-41-36-31-25-20-18-17-19-24-28-33-38-46-53-60-67-80(7)9-2/h14-16,22,78-83,88H,8-13,17-21,23-77H2,1-7H3,(H,93,94)(H,95,96)/b15-14-,22-16-/t80?,81-,82-,83-/m1/s1. The molecule has 0 rings (SSSR count). The highest BCUT2D eigenvalue weighted by atomic mass is 31.2. The van der Waals surface area contributed by atoms with Gasteiger partial charge >= 0.3 is 39.5 Å². The molecule has 0 aromatic heterocycles. The summed E-state index contributed by atoms with van der Waals surface area (Å²) in [6, 6.07) is 0. The van der Waals surface area contributed by atoms with Crippen LogP contribution < -0.4 is 0 Å². The van der Waals surface area contributed by atoms with E-state index in [9.17, 15) is 43.2 Å². The number of hydrogen-bond acceptors (Lipinski definition) is 15. The van der Waals surface area contributed by atoms with Crippen molar-refractivity contribution in [2.45, 2.75) is 452 Å². The molecule has 0 aromatic rings. The Labute approximate surface area is 650 Å². The second kappa shape index (κ2) is 76.5. The number of aliphatic hydroxyl groups excluding tert-OH is 1. The summed E-state index contributed by atoms with van der Waals surface area (Å²) in [4.78, 5) is 73.2. The number of esters is 4. The fourth-order valence-corrected chi connectivity index (χ4v) is 14.6. The van der Waals surface area contributed by atoms with Crippen LogP contribution >= 0.6 is 15.6 Å². The van der Waals surface area contributed by atoms with Gasteiger partial charge in [0.05, 0.1) is 26.4 Å². The molecule has 17 nitrogen and oxygen atoms in total. The first-order valence-corrected chi connectivity index (χ1v) is 47.2. The van der Waals surface area contributed by atoms with E-state index >= 15 is 0 Å². The molecule has 0 saturated heterocycles. The molecule has 0 aliphatic heterocycles. The lowest BCUT2D eigenvalue weighted by Gasteiger charge is -2.21. The Bertz CT molecular complexity index is 2140. The lowest BCUT2D eigenvalue weighted by molar-refractivity contribution is -0.161. The highest BCUT2D eigenvalue weighted by Gasteiger charge is 2.30. The van der Waals surface area contributed by atoms with E-state index in [0.29, 0.717) is 25.7 Å². The van der Waals surface area contributed by atoms with Crippen LogP contribution in [-0.2, 0) is 65.4 Å². The topological polar surface area (TPSA) is 237 Å². The van der Waals surface area contributed by atoms with Crippen molar-refractivity contribution in [3.05, 3.63) is 24.3 Å². The summed E-state index contributed by atoms with van der Waals surface area (Å²) in [5, 5.41) is 10.7. The maximum atomic E-state index is 13.2. The Kier molecular flexibility index (Phi) is 74.7. The van der Waals surface area contributed by atoms with Gasteiger partial charge in [-0.3, -0.25) is 37.3 Å². The Morgan fingerprint density at radius 2 is 0.557 bits per heavy atom. The molecular formula is C87H166O17P2. The van der Waals surface area contributed by atoms with Crippen LogP contribution in [0.25, 0.3) is 0 Å². The molecule has 0 aliphatic carbocycles. The summed E-state index contributed by atoms with van der Waals surface area (Å²) < 4.78 is 68.9. The van der Waals surface area contributed by atoms with Gasteiger partial charge < -0.3 is 33.8 Å². The maximum absolute atomic E-state index is 13.2. The Balaban J connectivity index is 5.27.